The molecule has 2 fully saturated rings. The van der Waals surface area contributed by atoms with Gasteiger partial charge in [0.25, 0.3) is 5.91 Å². The second kappa shape index (κ2) is 7.18. The Kier molecular flexibility index (Phi) is 5.22. The number of anilines is 1. The number of rotatable bonds is 3. The van der Waals surface area contributed by atoms with E-state index < -0.39 is 5.82 Å². The molecule has 1 aliphatic heterocycles. The molecule has 126 valence electrons. The van der Waals surface area contributed by atoms with Gasteiger partial charge in [-0.3, -0.25) is 4.79 Å². The number of hydrogen-bond acceptors (Lipinski definition) is 1. The highest BCUT2D eigenvalue weighted by Gasteiger charge is 2.37. The number of carbonyl (C=O) groups is 1. The van der Waals surface area contributed by atoms with Gasteiger partial charge >= 0.3 is 0 Å². The number of fused-ring (bicyclic) bond motifs is 1. The lowest BCUT2D eigenvalue weighted by Gasteiger charge is -2.40. The fourth-order valence-electron chi connectivity index (χ4n) is 4.15. The molecule has 1 aromatic rings. The minimum Gasteiger partial charge on any atom is -0.325 e. The van der Waals surface area contributed by atoms with E-state index in [1.54, 1.807) is 0 Å². The molecule has 0 aromatic heterocycles. The number of amides is 1. The number of halogens is 2. The van der Waals surface area contributed by atoms with Crippen LogP contribution in [0.25, 0.3) is 0 Å². The summed E-state index contributed by atoms with van der Waals surface area (Å²) in [6.07, 6.45) is 6.61. The zero-order valence-corrected chi connectivity index (χ0v) is 14.3. The first-order chi connectivity index (χ1) is 11.0. The summed E-state index contributed by atoms with van der Waals surface area (Å²) in [5.41, 5.74) is 0.483. The first kappa shape index (κ1) is 16.7. The first-order valence-electron chi connectivity index (χ1n) is 8.65. The molecule has 3 rings (SSSR count). The van der Waals surface area contributed by atoms with Crippen LogP contribution >= 0.6 is 11.6 Å². The maximum Gasteiger partial charge on any atom is 0.282 e. The maximum absolute atomic E-state index is 13.1. The molecule has 5 heteroatoms. The van der Waals surface area contributed by atoms with Gasteiger partial charge in [0.1, 0.15) is 5.82 Å². The zero-order chi connectivity index (χ0) is 16.4. The highest BCUT2D eigenvalue weighted by atomic mass is 35.5. The molecular formula is C18H25ClFN2O+. The predicted molar refractivity (Wildman–Crippen MR) is 90.3 cm³/mol. The van der Waals surface area contributed by atoms with Gasteiger partial charge in [-0.1, -0.05) is 24.4 Å². The summed E-state index contributed by atoms with van der Waals surface area (Å²) in [4.78, 5) is 13.9. The SMILES string of the molecule is C[C@@H](C(=O)Nc1ccc(F)cc1Cl)[NH+]1CC[C@@H]2CCCC[C@@H]2C1. The second-order valence-corrected chi connectivity index (χ2v) is 7.45. The molecule has 1 aromatic carbocycles. The van der Waals surface area contributed by atoms with Crippen molar-refractivity contribution in [1.29, 1.82) is 0 Å². The molecule has 1 aliphatic carbocycles. The van der Waals surface area contributed by atoms with Gasteiger partial charge in [0.2, 0.25) is 0 Å². The Balaban J connectivity index is 1.61. The van der Waals surface area contributed by atoms with Crippen LogP contribution in [0.5, 0.6) is 0 Å². The highest BCUT2D eigenvalue weighted by Crippen LogP contribution is 2.32. The minimum atomic E-state index is -0.397. The molecule has 2 N–H and O–H groups in total. The molecule has 1 amide bonds. The van der Waals surface area contributed by atoms with E-state index in [4.69, 9.17) is 11.6 Å². The van der Waals surface area contributed by atoms with Gasteiger partial charge in [0.15, 0.2) is 6.04 Å². The normalized spacial score (nSPS) is 28.7. The van der Waals surface area contributed by atoms with Crippen LogP contribution in [0, 0.1) is 17.7 Å². The fourth-order valence-corrected chi connectivity index (χ4v) is 4.37. The molecule has 4 atom stereocenters. The summed E-state index contributed by atoms with van der Waals surface area (Å²) in [6, 6.07) is 3.94. The van der Waals surface area contributed by atoms with Crippen molar-refractivity contribution in [3.8, 4) is 0 Å². The Labute approximate surface area is 142 Å². The van der Waals surface area contributed by atoms with Crippen LogP contribution in [0.1, 0.15) is 39.0 Å². The molecule has 3 nitrogen and oxygen atoms in total. The Bertz CT molecular complexity index is 580. The number of nitrogens with one attached hydrogen (secondary N) is 2. The molecule has 1 saturated carbocycles. The number of benzene rings is 1. The van der Waals surface area contributed by atoms with Crippen molar-refractivity contribution in [2.45, 2.75) is 45.1 Å². The zero-order valence-electron chi connectivity index (χ0n) is 13.6. The van der Waals surface area contributed by atoms with Crippen molar-refractivity contribution in [3.63, 3.8) is 0 Å². The van der Waals surface area contributed by atoms with E-state index in [0.717, 1.165) is 24.9 Å². The number of likely N-dealkylation sites (tertiary alicyclic amines) is 1. The van der Waals surface area contributed by atoms with Gasteiger partial charge in [0.05, 0.1) is 23.8 Å². The van der Waals surface area contributed by atoms with E-state index in [-0.39, 0.29) is 17.0 Å². The third kappa shape index (κ3) is 3.86. The number of hydrogen-bond donors (Lipinski definition) is 2. The molecule has 1 unspecified atom stereocenters. The molecule has 1 saturated heterocycles. The summed E-state index contributed by atoms with van der Waals surface area (Å²) < 4.78 is 13.1. The first-order valence-corrected chi connectivity index (χ1v) is 9.03. The van der Waals surface area contributed by atoms with Crippen LogP contribution in [0.15, 0.2) is 18.2 Å². The van der Waals surface area contributed by atoms with Gasteiger partial charge in [-0.15, -0.1) is 0 Å². The molecule has 2 aliphatic rings. The van der Waals surface area contributed by atoms with Gasteiger partial charge in [-0.2, -0.15) is 0 Å². The number of carbonyl (C=O) groups excluding carboxylic acids is 1. The Morgan fingerprint density at radius 2 is 2.04 bits per heavy atom. The van der Waals surface area contributed by atoms with E-state index in [0.29, 0.717) is 5.69 Å². The maximum atomic E-state index is 13.1. The van der Waals surface area contributed by atoms with E-state index in [1.807, 2.05) is 6.92 Å². The lowest BCUT2D eigenvalue weighted by atomic mass is 9.75. The third-order valence-corrected chi connectivity index (χ3v) is 5.93. The predicted octanol–water partition coefficient (Wildman–Crippen LogP) is 2.90. The van der Waals surface area contributed by atoms with Crippen LogP contribution in [0.2, 0.25) is 5.02 Å². The van der Waals surface area contributed by atoms with Gasteiger partial charge in [-0.05, 0) is 50.3 Å². The molecule has 0 spiro atoms. The van der Waals surface area contributed by atoms with E-state index in [1.165, 1.54) is 55.2 Å². The Morgan fingerprint density at radius 1 is 1.30 bits per heavy atom. The summed E-state index contributed by atoms with van der Waals surface area (Å²) in [5.74, 6) is 1.21. The second-order valence-electron chi connectivity index (χ2n) is 7.04. The fraction of sp³-hybridized carbons (Fsp3) is 0.611. The molecule has 1 heterocycles. The van der Waals surface area contributed by atoms with Gasteiger partial charge < -0.3 is 10.2 Å². The molecule has 0 bridgehead atoms. The minimum absolute atomic E-state index is 0.0391. The molecule has 23 heavy (non-hydrogen) atoms. The van der Waals surface area contributed by atoms with Gasteiger partial charge in [-0.25, -0.2) is 4.39 Å². The van der Waals surface area contributed by atoms with Crippen molar-refractivity contribution >= 4 is 23.2 Å². The van der Waals surface area contributed by atoms with Crippen LogP contribution < -0.4 is 10.2 Å². The van der Waals surface area contributed by atoms with E-state index in [2.05, 4.69) is 5.32 Å². The Morgan fingerprint density at radius 3 is 2.78 bits per heavy atom. The van der Waals surface area contributed by atoms with E-state index >= 15 is 0 Å². The quantitative estimate of drug-likeness (QED) is 0.872. The third-order valence-electron chi connectivity index (χ3n) is 5.62. The summed E-state index contributed by atoms with van der Waals surface area (Å²) in [5, 5.41) is 3.09. The summed E-state index contributed by atoms with van der Waals surface area (Å²) >= 11 is 5.99. The van der Waals surface area contributed by atoms with Crippen molar-refractivity contribution < 1.29 is 14.1 Å². The highest BCUT2D eigenvalue weighted by molar-refractivity contribution is 6.33. The van der Waals surface area contributed by atoms with Crippen LogP contribution in [0.4, 0.5) is 10.1 Å². The molecular weight excluding hydrogens is 315 g/mol. The van der Waals surface area contributed by atoms with Gasteiger partial charge in [0, 0.05) is 5.92 Å². The summed E-state index contributed by atoms with van der Waals surface area (Å²) in [7, 11) is 0. The van der Waals surface area contributed by atoms with Crippen LogP contribution in [-0.2, 0) is 4.79 Å². The largest absolute Gasteiger partial charge is 0.325 e. The number of piperidine rings is 1. The lowest BCUT2D eigenvalue weighted by molar-refractivity contribution is -0.924. The van der Waals surface area contributed by atoms with Crippen molar-refractivity contribution in [3.05, 3.63) is 29.0 Å². The lowest BCUT2D eigenvalue weighted by Crippen LogP contribution is -3.18. The molecule has 0 radical (unpaired) electrons. The van der Waals surface area contributed by atoms with Crippen molar-refractivity contribution in [2.24, 2.45) is 11.8 Å². The van der Waals surface area contributed by atoms with E-state index in [9.17, 15) is 9.18 Å². The topological polar surface area (TPSA) is 33.5 Å². The smallest absolute Gasteiger partial charge is 0.282 e. The summed E-state index contributed by atoms with van der Waals surface area (Å²) in [6.45, 7) is 4.13. The average Bonchev–Trinajstić information content (AvgIpc) is 2.56. The van der Waals surface area contributed by atoms with Crippen molar-refractivity contribution in [2.75, 3.05) is 18.4 Å². The van der Waals surface area contributed by atoms with Crippen molar-refractivity contribution in [1.82, 2.24) is 0 Å². The standard InChI is InChI=1S/C18H24ClFN2O/c1-12(18(23)21-17-7-6-15(20)10-16(17)19)22-9-8-13-4-2-3-5-14(13)11-22/h6-7,10,12-14H,2-5,8-9,11H2,1H3,(H,21,23)/p+1/t12-,13-,14+/m0/s1. The Hall–Kier alpha value is -1.13. The average molecular weight is 340 g/mol. The number of quaternary nitrogens is 1. The van der Waals surface area contributed by atoms with Crippen LogP contribution in [-0.4, -0.2) is 25.0 Å². The monoisotopic (exact) mass is 339 g/mol. The van der Waals surface area contributed by atoms with Crippen LogP contribution in [0.3, 0.4) is 0 Å².